The molecule has 2 aliphatic heterocycles. The van der Waals surface area contributed by atoms with Crippen LogP contribution in [-0.2, 0) is 6.54 Å². The van der Waals surface area contributed by atoms with E-state index in [1.54, 1.807) is 0 Å². The number of rotatable bonds is 7. The van der Waals surface area contributed by atoms with Crippen molar-refractivity contribution in [2.45, 2.75) is 45.2 Å². The first-order valence-electron chi connectivity index (χ1n) is 8.19. The summed E-state index contributed by atoms with van der Waals surface area (Å²) < 4.78 is 10.9. The van der Waals surface area contributed by atoms with Crippen molar-refractivity contribution in [3.8, 4) is 11.5 Å². The van der Waals surface area contributed by atoms with Crippen molar-refractivity contribution in [3.63, 3.8) is 0 Å². The molecule has 1 N–H and O–H groups in total. The Morgan fingerprint density at radius 3 is 3.00 bits per heavy atom. The number of fused-ring (bicyclic) bond motifs is 1. The van der Waals surface area contributed by atoms with Gasteiger partial charge in [-0.3, -0.25) is 4.90 Å². The lowest BCUT2D eigenvalue weighted by molar-refractivity contribution is 0.174. The minimum Gasteiger partial charge on any atom is -0.454 e. The van der Waals surface area contributed by atoms with Crippen LogP contribution in [0.25, 0.3) is 0 Å². The van der Waals surface area contributed by atoms with Crippen LogP contribution in [0, 0.1) is 0 Å². The van der Waals surface area contributed by atoms with Crippen LogP contribution in [0.4, 0.5) is 0 Å². The molecular formula is C17H26N2O2. The van der Waals surface area contributed by atoms with Crippen molar-refractivity contribution in [2.75, 3.05) is 26.4 Å². The van der Waals surface area contributed by atoms with Crippen LogP contribution in [0.5, 0.6) is 11.5 Å². The van der Waals surface area contributed by atoms with E-state index in [9.17, 15) is 0 Å². The average Bonchev–Trinajstić information content (AvgIpc) is 3.15. The van der Waals surface area contributed by atoms with E-state index in [-0.39, 0.29) is 0 Å². The van der Waals surface area contributed by atoms with E-state index in [1.165, 1.54) is 44.3 Å². The van der Waals surface area contributed by atoms with Crippen LogP contribution < -0.4 is 14.8 Å². The SMILES string of the molecule is CCCCN(Cc1ccc2c(c1)OCO2)CC1CCCN1. The Bertz CT molecular complexity index is 458. The van der Waals surface area contributed by atoms with Crippen LogP contribution in [0.15, 0.2) is 18.2 Å². The quantitative estimate of drug-likeness (QED) is 0.837. The molecule has 1 aromatic carbocycles. The molecule has 0 amide bonds. The minimum atomic E-state index is 0.352. The van der Waals surface area contributed by atoms with E-state index in [0.29, 0.717) is 12.8 Å². The van der Waals surface area contributed by atoms with E-state index in [2.05, 4.69) is 29.3 Å². The third kappa shape index (κ3) is 3.89. The predicted octanol–water partition coefficient (Wildman–Crippen LogP) is 2.77. The smallest absolute Gasteiger partial charge is 0.231 e. The number of benzene rings is 1. The van der Waals surface area contributed by atoms with Crippen LogP contribution in [-0.4, -0.2) is 37.4 Å². The molecule has 1 atom stereocenters. The first-order chi connectivity index (χ1) is 10.3. The summed E-state index contributed by atoms with van der Waals surface area (Å²) in [7, 11) is 0. The number of nitrogens with one attached hydrogen (secondary N) is 1. The summed E-state index contributed by atoms with van der Waals surface area (Å²) >= 11 is 0. The Hall–Kier alpha value is -1.26. The molecule has 0 saturated carbocycles. The summed E-state index contributed by atoms with van der Waals surface area (Å²) in [6.45, 7) is 7.10. The Morgan fingerprint density at radius 1 is 1.29 bits per heavy atom. The normalized spacial score (nSPS) is 20.4. The average molecular weight is 290 g/mol. The Balaban J connectivity index is 1.62. The molecule has 2 heterocycles. The molecule has 4 nitrogen and oxygen atoms in total. The lowest BCUT2D eigenvalue weighted by Gasteiger charge is -2.25. The van der Waals surface area contributed by atoms with Gasteiger partial charge >= 0.3 is 0 Å². The van der Waals surface area contributed by atoms with Crippen LogP contribution in [0.3, 0.4) is 0 Å². The summed E-state index contributed by atoms with van der Waals surface area (Å²) in [5, 5.41) is 3.60. The fourth-order valence-corrected chi connectivity index (χ4v) is 3.14. The van der Waals surface area contributed by atoms with Gasteiger partial charge in [-0.15, -0.1) is 0 Å². The number of hydrogen-bond donors (Lipinski definition) is 1. The van der Waals surface area contributed by atoms with Crippen LogP contribution >= 0.6 is 0 Å². The summed E-state index contributed by atoms with van der Waals surface area (Å²) in [5.41, 5.74) is 1.31. The minimum absolute atomic E-state index is 0.352. The fourth-order valence-electron chi connectivity index (χ4n) is 3.14. The van der Waals surface area contributed by atoms with Gasteiger partial charge in [0.05, 0.1) is 0 Å². The molecule has 21 heavy (non-hydrogen) atoms. The maximum atomic E-state index is 5.48. The van der Waals surface area contributed by atoms with Gasteiger partial charge in [0.25, 0.3) is 0 Å². The first kappa shape index (κ1) is 14.7. The summed E-state index contributed by atoms with van der Waals surface area (Å²) in [6.07, 6.45) is 5.13. The number of ether oxygens (including phenoxy) is 2. The first-order valence-corrected chi connectivity index (χ1v) is 8.19. The van der Waals surface area contributed by atoms with E-state index in [4.69, 9.17) is 9.47 Å². The second-order valence-corrected chi connectivity index (χ2v) is 6.07. The van der Waals surface area contributed by atoms with Crippen molar-refractivity contribution < 1.29 is 9.47 Å². The van der Waals surface area contributed by atoms with Crippen LogP contribution in [0.2, 0.25) is 0 Å². The molecule has 0 radical (unpaired) electrons. The van der Waals surface area contributed by atoms with Gasteiger partial charge in [-0.05, 0) is 50.0 Å². The van der Waals surface area contributed by atoms with Gasteiger partial charge in [0.2, 0.25) is 6.79 Å². The summed E-state index contributed by atoms with van der Waals surface area (Å²) in [6, 6.07) is 6.98. The molecule has 1 aromatic rings. The van der Waals surface area contributed by atoms with Gasteiger partial charge in [-0.25, -0.2) is 0 Å². The molecule has 0 bridgehead atoms. The van der Waals surface area contributed by atoms with E-state index < -0.39 is 0 Å². The molecular weight excluding hydrogens is 264 g/mol. The summed E-state index contributed by atoms with van der Waals surface area (Å²) in [5.74, 6) is 1.76. The highest BCUT2D eigenvalue weighted by molar-refractivity contribution is 5.44. The summed E-state index contributed by atoms with van der Waals surface area (Å²) in [4.78, 5) is 2.57. The molecule has 1 unspecified atom stereocenters. The zero-order valence-electron chi connectivity index (χ0n) is 12.9. The molecule has 0 spiro atoms. The largest absolute Gasteiger partial charge is 0.454 e. The number of unbranched alkanes of at least 4 members (excludes halogenated alkanes) is 1. The molecule has 0 aromatic heterocycles. The van der Waals surface area contributed by atoms with Crippen molar-refractivity contribution in [2.24, 2.45) is 0 Å². The zero-order valence-corrected chi connectivity index (χ0v) is 12.9. The second kappa shape index (κ2) is 7.14. The van der Waals surface area contributed by atoms with Gasteiger partial charge in [0, 0.05) is 19.1 Å². The Morgan fingerprint density at radius 2 is 2.19 bits per heavy atom. The van der Waals surface area contributed by atoms with Gasteiger partial charge in [-0.1, -0.05) is 19.4 Å². The van der Waals surface area contributed by atoms with Crippen LogP contribution in [0.1, 0.15) is 38.2 Å². The van der Waals surface area contributed by atoms with Gasteiger partial charge < -0.3 is 14.8 Å². The molecule has 2 aliphatic rings. The molecule has 1 fully saturated rings. The maximum absolute atomic E-state index is 5.48. The predicted molar refractivity (Wildman–Crippen MR) is 83.8 cm³/mol. The molecule has 116 valence electrons. The standard InChI is InChI=1S/C17H26N2O2/c1-2-3-9-19(12-15-5-4-8-18-15)11-14-6-7-16-17(10-14)21-13-20-16/h6-7,10,15,18H,2-5,8-9,11-13H2,1H3. The third-order valence-corrected chi connectivity index (χ3v) is 4.31. The highest BCUT2D eigenvalue weighted by Crippen LogP contribution is 2.32. The molecule has 0 aliphatic carbocycles. The second-order valence-electron chi connectivity index (χ2n) is 6.07. The Kier molecular flexibility index (Phi) is 4.99. The lowest BCUT2D eigenvalue weighted by atomic mass is 10.1. The topological polar surface area (TPSA) is 33.7 Å². The fraction of sp³-hybridized carbons (Fsp3) is 0.647. The van der Waals surface area contributed by atoms with Crippen molar-refractivity contribution in [3.05, 3.63) is 23.8 Å². The number of hydrogen-bond acceptors (Lipinski definition) is 4. The van der Waals surface area contributed by atoms with Crippen molar-refractivity contribution in [1.29, 1.82) is 0 Å². The Labute approximate surface area is 127 Å². The molecule has 1 saturated heterocycles. The van der Waals surface area contributed by atoms with Crippen molar-refractivity contribution >= 4 is 0 Å². The van der Waals surface area contributed by atoms with Crippen molar-refractivity contribution in [1.82, 2.24) is 10.2 Å². The third-order valence-electron chi connectivity index (χ3n) is 4.31. The number of nitrogens with zero attached hydrogens (tertiary/aromatic N) is 1. The lowest BCUT2D eigenvalue weighted by Crippen LogP contribution is -2.37. The van der Waals surface area contributed by atoms with E-state index in [0.717, 1.165) is 24.6 Å². The van der Waals surface area contributed by atoms with Gasteiger partial charge in [0.15, 0.2) is 11.5 Å². The highest BCUT2D eigenvalue weighted by Gasteiger charge is 2.19. The van der Waals surface area contributed by atoms with Gasteiger partial charge in [-0.2, -0.15) is 0 Å². The molecule has 3 rings (SSSR count). The maximum Gasteiger partial charge on any atom is 0.231 e. The highest BCUT2D eigenvalue weighted by atomic mass is 16.7. The van der Waals surface area contributed by atoms with E-state index >= 15 is 0 Å². The van der Waals surface area contributed by atoms with Gasteiger partial charge in [0.1, 0.15) is 0 Å². The zero-order chi connectivity index (χ0) is 14.5. The molecule has 4 heteroatoms. The van der Waals surface area contributed by atoms with E-state index in [1.807, 2.05) is 6.07 Å². The monoisotopic (exact) mass is 290 g/mol.